The van der Waals surface area contributed by atoms with Crippen molar-refractivity contribution in [3.8, 4) is 0 Å². The number of nitrogens with zero attached hydrogens (tertiary/aromatic N) is 1. The van der Waals surface area contributed by atoms with Gasteiger partial charge >= 0.3 is 0 Å². The Balaban J connectivity index is 0.00000200. The van der Waals surface area contributed by atoms with Crippen LogP contribution in [0.2, 0.25) is 0 Å². The molecule has 0 radical (unpaired) electrons. The van der Waals surface area contributed by atoms with E-state index in [4.69, 9.17) is 0 Å². The lowest BCUT2D eigenvalue weighted by molar-refractivity contribution is 0.170. The Morgan fingerprint density at radius 1 is 1.25 bits per heavy atom. The zero-order valence-electron chi connectivity index (χ0n) is 11.9. The predicted molar refractivity (Wildman–Crippen MR) is 80.2 cm³/mol. The Bertz CT molecular complexity index is 407. The average molecular weight is 305 g/mol. The van der Waals surface area contributed by atoms with Gasteiger partial charge < -0.3 is 5.32 Å². The van der Waals surface area contributed by atoms with Crippen LogP contribution >= 0.6 is 12.4 Å². The van der Waals surface area contributed by atoms with Crippen LogP contribution < -0.4 is 5.32 Å². The number of halogens is 3. The van der Waals surface area contributed by atoms with Crippen molar-refractivity contribution in [1.82, 2.24) is 10.2 Å². The van der Waals surface area contributed by atoms with Gasteiger partial charge in [-0.15, -0.1) is 12.4 Å². The Labute approximate surface area is 126 Å². The van der Waals surface area contributed by atoms with Gasteiger partial charge in [0.25, 0.3) is 0 Å². The molecule has 0 atom stereocenters. The maximum Gasteiger partial charge on any atom is 0.127 e. The minimum absolute atomic E-state index is 0. The quantitative estimate of drug-likeness (QED) is 0.898. The first-order valence-corrected chi connectivity index (χ1v) is 7.00. The van der Waals surface area contributed by atoms with E-state index < -0.39 is 0 Å². The maximum absolute atomic E-state index is 13.6. The Morgan fingerprint density at radius 2 is 1.95 bits per heavy atom. The molecule has 114 valence electrons. The minimum Gasteiger partial charge on any atom is -0.320 e. The molecule has 0 bridgehead atoms. The van der Waals surface area contributed by atoms with Crippen LogP contribution in [0.25, 0.3) is 0 Å². The van der Waals surface area contributed by atoms with E-state index in [0.29, 0.717) is 12.1 Å². The van der Waals surface area contributed by atoms with Crippen LogP contribution in [0.15, 0.2) is 18.2 Å². The number of piperidine rings is 1. The standard InChI is InChI=1S/C15H22F2N2.ClH/c1-18-7-4-12-5-8-19(9-6-12)11-13-10-14(16)2-3-15(13)17;/h2-3,10,12,18H,4-9,11H2,1H3;1H. The molecule has 0 amide bonds. The first kappa shape index (κ1) is 17.3. The van der Waals surface area contributed by atoms with Crippen LogP contribution in [0.4, 0.5) is 8.78 Å². The lowest BCUT2D eigenvalue weighted by Crippen LogP contribution is -2.34. The van der Waals surface area contributed by atoms with E-state index in [-0.39, 0.29) is 24.0 Å². The SMILES string of the molecule is CNCCC1CCN(Cc2cc(F)ccc2F)CC1.Cl. The minimum atomic E-state index is -0.361. The molecule has 0 aliphatic carbocycles. The topological polar surface area (TPSA) is 15.3 Å². The fourth-order valence-corrected chi connectivity index (χ4v) is 2.69. The fraction of sp³-hybridized carbons (Fsp3) is 0.600. The van der Waals surface area contributed by atoms with Gasteiger partial charge in [0.1, 0.15) is 11.6 Å². The van der Waals surface area contributed by atoms with Crippen molar-refractivity contribution in [2.75, 3.05) is 26.7 Å². The molecule has 1 heterocycles. The summed E-state index contributed by atoms with van der Waals surface area (Å²) in [6, 6.07) is 3.69. The molecule has 1 N–H and O–H groups in total. The zero-order valence-corrected chi connectivity index (χ0v) is 12.7. The van der Waals surface area contributed by atoms with Crippen molar-refractivity contribution in [2.24, 2.45) is 5.92 Å². The number of rotatable bonds is 5. The van der Waals surface area contributed by atoms with Crippen LogP contribution in [-0.4, -0.2) is 31.6 Å². The second-order valence-corrected chi connectivity index (χ2v) is 5.35. The molecular weight excluding hydrogens is 282 g/mol. The monoisotopic (exact) mass is 304 g/mol. The summed E-state index contributed by atoms with van der Waals surface area (Å²) in [6.45, 7) is 3.53. The van der Waals surface area contributed by atoms with Crippen molar-refractivity contribution in [3.63, 3.8) is 0 Å². The highest BCUT2D eigenvalue weighted by Gasteiger charge is 2.19. The van der Waals surface area contributed by atoms with E-state index in [1.54, 1.807) is 0 Å². The Hall–Kier alpha value is -0.710. The van der Waals surface area contributed by atoms with Gasteiger partial charge in [0.2, 0.25) is 0 Å². The van der Waals surface area contributed by atoms with Gasteiger partial charge in [0, 0.05) is 12.1 Å². The summed E-state index contributed by atoms with van der Waals surface area (Å²) in [6.07, 6.45) is 3.51. The molecule has 1 aliphatic rings. The molecule has 0 spiro atoms. The zero-order chi connectivity index (χ0) is 13.7. The van der Waals surface area contributed by atoms with Crippen LogP contribution in [0.5, 0.6) is 0 Å². The van der Waals surface area contributed by atoms with Gasteiger partial charge in [-0.05, 0) is 70.1 Å². The normalized spacial score (nSPS) is 16.9. The number of benzene rings is 1. The maximum atomic E-state index is 13.6. The van der Waals surface area contributed by atoms with Crippen LogP contribution in [0.3, 0.4) is 0 Å². The summed E-state index contributed by atoms with van der Waals surface area (Å²) in [5.74, 6) is 0.0973. The van der Waals surface area contributed by atoms with Gasteiger partial charge in [-0.25, -0.2) is 8.78 Å². The third-order valence-corrected chi connectivity index (χ3v) is 3.91. The Morgan fingerprint density at radius 3 is 2.60 bits per heavy atom. The summed E-state index contributed by atoms with van der Waals surface area (Å²) < 4.78 is 26.7. The van der Waals surface area contributed by atoms with E-state index in [9.17, 15) is 8.78 Å². The molecule has 0 unspecified atom stereocenters. The number of hydrogen-bond acceptors (Lipinski definition) is 2. The molecular formula is C15H23ClF2N2. The predicted octanol–water partition coefficient (Wildman–Crippen LogP) is 3.21. The van der Waals surface area contributed by atoms with Gasteiger partial charge in [-0.2, -0.15) is 0 Å². The first-order valence-electron chi connectivity index (χ1n) is 7.00. The summed E-state index contributed by atoms with van der Waals surface area (Å²) in [4.78, 5) is 2.22. The molecule has 5 heteroatoms. The van der Waals surface area contributed by atoms with E-state index in [0.717, 1.165) is 38.4 Å². The molecule has 0 saturated carbocycles. The molecule has 0 aromatic heterocycles. The summed E-state index contributed by atoms with van der Waals surface area (Å²) in [7, 11) is 1.97. The summed E-state index contributed by atoms with van der Waals surface area (Å²) in [5, 5.41) is 3.17. The average Bonchev–Trinajstić information content (AvgIpc) is 2.42. The smallest absolute Gasteiger partial charge is 0.127 e. The third kappa shape index (κ3) is 5.00. The van der Waals surface area contributed by atoms with Crippen molar-refractivity contribution >= 4 is 12.4 Å². The van der Waals surface area contributed by atoms with Crippen LogP contribution in [0.1, 0.15) is 24.8 Å². The van der Waals surface area contributed by atoms with Gasteiger partial charge in [0.15, 0.2) is 0 Å². The fourth-order valence-electron chi connectivity index (χ4n) is 2.69. The molecule has 2 rings (SSSR count). The van der Waals surface area contributed by atoms with Crippen LogP contribution in [-0.2, 0) is 6.54 Å². The first-order chi connectivity index (χ1) is 9.19. The molecule has 1 aromatic carbocycles. The van der Waals surface area contributed by atoms with Gasteiger partial charge in [-0.1, -0.05) is 0 Å². The number of likely N-dealkylation sites (tertiary alicyclic amines) is 1. The van der Waals surface area contributed by atoms with Crippen LogP contribution in [0, 0.1) is 17.6 Å². The van der Waals surface area contributed by atoms with Gasteiger partial charge in [-0.3, -0.25) is 4.90 Å². The molecule has 1 saturated heterocycles. The van der Waals surface area contributed by atoms with Gasteiger partial charge in [0.05, 0.1) is 0 Å². The lowest BCUT2D eigenvalue weighted by atomic mass is 9.93. The summed E-state index contributed by atoms with van der Waals surface area (Å²) >= 11 is 0. The molecule has 20 heavy (non-hydrogen) atoms. The van der Waals surface area contributed by atoms with Crippen molar-refractivity contribution in [3.05, 3.63) is 35.4 Å². The molecule has 1 fully saturated rings. The largest absolute Gasteiger partial charge is 0.320 e. The van der Waals surface area contributed by atoms with E-state index in [2.05, 4.69) is 10.2 Å². The van der Waals surface area contributed by atoms with Crippen molar-refractivity contribution in [2.45, 2.75) is 25.8 Å². The third-order valence-electron chi connectivity index (χ3n) is 3.91. The van der Waals surface area contributed by atoms with Crippen molar-refractivity contribution in [1.29, 1.82) is 0 Å². The number of hydrogen-bond donors (Lipinski definition) is 1. The van der Waals surface area contributed by atoms with Crippen molar-refractivity contribution < 1.29 is 8.78 Å². The number of nitrogens with one attached hydrogen (secondary N) is 1. The second-order valence-electron chi connectivity index (χ2n) is 5.35. The lowest BCUT2D eigenvalue weighted by Gasteiger charge is -2.32. The Kier molecular flexibility index (Phi) is 7.41. The molecule has 1 aliphatic heterocycles. The highest BCUT2D eigenvalue weighted by molar-refractivity contribution is 5.85. The van der Waals surface area contributed by atoms with E-state index in [1.165, 1.54) is 24.6 Å². The molecule has 2 nitrogen and oxygen atoms in total. The van der Waals surface area contributed by atoms with E-state index in [1.807, 2.05) is 7.05 Å². The highest BCUT2D eigenvalue weighted by atomic mass is 35.5. The second kappa shape index (κ2) is 8.55. The summed E-state index contributed by atoms with van der Waals surface area (Å²) in [5.41, 5.74) is 0.466. The van der Waals surface area contributed by atoms with E-state index >= 15 is 0 Å². The highest BCUT2D eigenvalue weighted by Crippen LogP contribution is 2.22. The molecule has 1 aromatic rings.